The fourth-order valence-electron chi connectivity index (χ4n) is 6.64. The highest BCUT2D eigenvalue weighted by Gasteiger charge is 2.32. The fraction of sp³-hybridized carbons (Fsp3) is 0.442. The van der Waals surface area contributed by atoms with Gasteiger partial charge in [-0.2, -0.15) is 0 Å². The Balaban J connectivity index is 2.53. The Morgan fingerprint density at radius 1 is 1.09 bits per heavy atom. The lowest BCUT2D eigenvalue weighted by Crippen LogP contribution is -2.25. The zero-order chi connectivity index (χ0) is 35.1. The molecule has 1 N–H and O–H groups in total. The molecule has 3 nitrogen and oxygen atoms in total. The summed E-state index contributed by atoms with van der Waals surface area (Å²) < 4.78 is 16.2. The van der Waals surface area contributed by atoms with Crippen LogP contribution in [0.4, 0.5) is 10.1 Å². The highest BCUT2D eigenvalue weighted by molar-refractivity contribution is 5.83. The molecule has 47 heavy (non-hydrogen) atoms. The lowest BCUT2D eigenvalue weighted by molar-refractivity contribution is 0.112. The Hall–Kier alpha value is -3.79. The van der Waals surface area contributed by atoms with Crippen LogP contribution in [0.1, 0.15) is 126 Å². The molecule has 0 saturated carbocycles. The van der Waals surface area contributed by atoms with Gasteiger partial charge in [-0.25, -0.2) is 4.39 Å². The number of nitrogens with one attached hydrogen (secondary N) is 1. The van der Waals surface area contributed by atoms with Crippen molar-refractivity contribution in [1.82, 2.24) is 0 Å². The summed E-state index contributed by atoms with van der Waals surface area (Å²) in [5.74, 6) is 0.813. The third-order valence-electron chi connectivity index (χ3n) is 9.26. The first kappa shape index (κ1) is 39.4. The van der Waals surface area contributed by atoms with Gasteiger partial charge in [0.25, 0.3) is 0 Å². The second kappa shape index (κ2) is 19.8. The average molecular weight is 639 g/mol. The molecule has 0 aliphatic heterocycles. The minimum absolute atomic E-state index is 0.00783. The topological polar surface area (TPSA) is 41.5 Å². The van der Waals surface area contributed by atoms with Gasteiger partial charge in [-0.05, 0) is 135 Å². The second-order valence-electron chi connectivity index (χ2n) is 13.3. The normalized spacial score (nSPS) is 15.2. The van der Waals surface area contributed by atoms with Crippen molar-refractivity contribution in [3.8, 4) is 0 Å². The summed E-state index contributed by atoms with van der Waals surface area (Å²) in [5.41, 5.74) is 8.27. The fourth-order valence-corrected chi connectivity index (χ4v) is 6.64. The third kappa shape index (κ3) is 11.2. The minimum atomic E-state index is -0.104. The van der Waals surface area contributed by atoms with Gasteiger partial charge in [0.1, 0.15) is 12.1 Å². The van der Waals surface area contributed by atoms with Crippen molar-refractivity contribution < 1.29 is 9.18 Å². The molecular weight excluding hydrogens is 579 g/mol. The van der Waals surface area contributed by atoms with Crippen molar-refractivity contribution in [1.29, 1.82) is 0 Å². The number of hydrogen-bond acceptors (Lipinski definition) is 3. The van der Waals surface area contributed by atoms with E-state index in [1.54, 1.807) is 18.4 Å². The number of aryl methyl sites for hydroxylation is 1. The maximum atomic E-state index is 16.2. The van der Waals surface area contributed by atoms with Crippen LogP contribution in [-0.4, -0.2) is 12.0 Å². The maximum Gasteiger partial charge on any atom is 0.150 e. The molecule has 0 bridgehead atoms. The van der Waals surface area contributed by atoms with E-state index < -0.39 is 0 Å². The highest BCUT2D eigenvalue weighted by Crippen LogP contribution is 2.43. The van der Waals surface area contributed by atoms with Crippen LogP contribution in [0.5, 0.6) is 0 Å². The highest BCUT2D eigenvalue weighted by atomic mass is 19.1. The van der Waals surface area contributed by atoms with Gasteiger partial charge >= 0.3 is 0 Å². The van der Waals surface area contributed by atoms with Crippen molar-refractivity contribution in [3.05, 3.63) is 125 Å². The molecule has 4 unspecified atom stereocenters. The Bertz CT molecular complexity index is 1470. The van der Waals surface area contributed by atoms with E-state index in [9.17, 15) is 4.79 Å². The van der Waals surface area contributed by atoms with E-state index in [4.69, 9.17) is 6.58 Å². The number of hydrogen-bond donors (Lipinski definition) is 1. The van der Waals surface area contributed by atoms with Crippen LogP contribution in [0.15, 0.2) is 96.3 Å². The van der Waals surface area contributed by atoms with Crippen LogP contribution in [0.3, 0.4) is 0 Å². The molecule has 4 atom stereocenters. The summed E-state index contributed by atoms with van der Waals surface area (Å²) in [7, 11) is 0. The predicted molar refractivity (Wildman–Crippen MR) is 203 cm³/mol. The number of nitrogens with zero attached hydrogens (tertiary/aromatic N) is 1. The predicted octanol–water partition coefficient (Wildman–Crippen LogP) is 12.5. The monoisotopic (exact) mass is 638 g/mol. The molecule has 0 saturated heterocycles. The number of halogens is 1. The van der Waals surface area contributed by atoms with Crippen LogP contribution in [0.25, 0.3) is 0 Å². The lowest BCUT2D eigenvalue weighted by atomic mass is 9.70. The molecule has 0 amide bonds. The second-order valence-corrected chi connectivity index (χ2v) is 13.3. The van der Waals surface area contributed by atoms with E-state index in [2.05, 4.69) is 95.7 Å². The van der Waals surface area contributed by atoms with Crippen LogP contribution in [-0.2, 0) is 6.42 Å². The van der Waals surface area contributed by atoms with Gasteiger partial charge in [0.05, 0.1) is 0 Å². The zero-order valence-electron chi connectivity index (χ0n) is 30.5. The summed E-state index contributed by atoms with van der Waals surface area (Å²) in [6, 6.07) is 10.1. The van der Waals surface area contributed by atoms with E-state index >= 15 is 4.39 Å². The number of benzene rings is 2. The Kier molecular flexibility index (Phi) is 16.6. The maximum absolute atomic E-state index is 16.2. The van der Waals surface area contributed by atoms with Crippen molar-refractivity contribution in [2.75, 3.05) is 5.32 Å². The summed E-state index contributed by atoms with van der Waals surface area (Å²) in [6.07, 6.45) is 16.8. The van der Waals surface area contributed by atoms with Gasteiger partial charge in [0.2, 0.25) is 0 Å². The number of rotatable bonds is 19. The lowest BCUT2D eigenvalue weighted by Gasteiger charge is -2.35. The molecule has 2 rings (SSSR count). The van der Waals surface area contributed by atoms with Gasteiger partial charge in [0.15, 0.2) is 0 Å². The molecular formula is C43H59FN2O. The molecule has 0 aliphatic carbocycles. The quantitative estimate of drug-likeness (QED) is 0.0720. The summed E-state index contributed by atoms with van der Waals surface area (Å²) in [4.78, 5) is 16.0. The van der Waals surface area contributed by atoms with E-state index in [0.717, 1.165) is 82.5 Å². The third-order valence-corrected chi connectivity index (χ3v) is 9.26. The van der Waals surface area contributed by atoms with Gasteiger partial charge in [-0.15, -0.1) is 0 Å². The van der Waals surface area contributed by atoms with Crippen LogP contribution in [0, 0.1) is 30.5 Å². The summed E-state index contributed by atoms with van der Waals surface area (Å²) in [5, 5.41) is 3.65. The molecule has 254 valence electrons. The summed E-state index contributed by atoms with van der Waals surface area (Å²) in [6.45, 7) is 27.5. The standard InChI is InChI=1S/C43H59FN2O/c1-12-16-19-39(33(10)42(18-14-3)46-37-21-20-36(28-47)35(15-4)27-37)32(9)41(25-29(5)6)40-23-22-38(43(44)34(40)11)30(7)26-31(8)45-24-17-13-2/h12-13,16-18,20-24,27-30,32,39,41,46H,2,10,14-15,19,25-26H2,1,3-9,11H3/b16-12-,24-17-,42-18-,45-31?. The first-order valence-electron chi connectivity index (χ1n) is 17.4. The number of allylic oxidation sites excluding steroid dienone is 6. The summed E-state index contributed by atoms with van der Waals surface area (Å²) >= 11 is 0. The number of carbonyl (C=O) groups excluding carboxylic acids is 1. The largest absolute Gasteiger partial charge is 0.356 e. The first-order valence-corrected chi connectivity index (χ1v) is 17.4. The van der Waals surface area contributed by atoms with Crippen molar-refractivity contribution in [2.24, 2.45) is 22.7 Å². The van der Waals surface area contributed by atoms with Crippen LogP contribution >= 0.6 is 0 Å². The molecule has 0 spiro atoms. The zero-order valence-corrected chi connectivity index (χ0v) is 30.5. The SMILES string of the molecule is C=C/C=C\N=C(C)CC(C)c1ccc(C(CC(C)C)C(C)C(C/C=C\C)C(=C)/C(=C/CC)Nc2ccc(C=O)c(CC)c2)c(C)c1F. The van der Waals surface area contributed by atoms with E-state index in [0.29, 0.717) is 12.3 Å². The Morgan fingerprint density at radius 3 is 2.38 bits per heavy atom. The van der Waals surface area contributed by atoms with Gasteiger partial charge < -0.3 is 5.32 Å². The molecule has 0 aliphatic rings. The molecule has 2 aromatic rings. The molecule has 0 aromatic heterocycles. The molecule has 0 radical (unpaired) electrons. The number of carbonyl (C=O) groups is 1. The van der Waals surface area contributed by atoms with Crippen molar-refractivity contribution >= 4 is 17.7 Å². The van der Waals surface area contributed by atoms with Crippen molar-refractivity contribution in [3.63, 3.8) is 0 Å². The van der Waals surface area contributed by atoms with Gasteiger partial charge in [-0.3, -0.25) is 9.79 Å². The van der Waals surface area contributed by atoms with E-state index in [-0.39, 0.29) is 29.5 Å². The number of aldehydes is 1. The van der Waals surface area contributed by atoms with Crippen LogP contribution in [0.2, 0.25) is 0 Å². The Morgan fingerprint density at radius 2 is 1.79 bits per heavy atom. The molecule has 4 heteroatoms. The van der Waals surface area contributed by atoms with Crippen LogP contribution < -0.4 is 5.32 Å². The molecule has 2 aromatic carbocycles. The van der Waals surface area contributed by atoms with Gasteiger partial charge in [0, 0.05) is 28.9 Å². The van der Waals surface area contributed by atoms with E-state index in [1.807, 2.05) is 32.0 Å². The van der Waals surface area contributed by atoms with Crippen molar-refractivity contribution in [2.45, 2.75) is 106 Å². The molecule has 0 fully saturated rings. The number of aliphatic imine (C=N–C) groups is 1. The molecule has 0 heterocycles. The number of anilines is 1. The van der Waals surface area contributed by atoms with Gasteiger partial charge in [-0.1, -0.05) is 91.1 Å². The average Bonchev–Trinajstić information content (AvgIpc) is 3.04. The van der Waals surface area contributed by atoms with E-state index in [1.165, 1.54) is 0 Å². The first-order chi connectivity index (χ1) is 22.4. The Labute approximate surface area is 285 Å². The minimum Gasteiger partial charge on any atom is -0.356 e. The smallest absolute Gasteiger partial charge is 0.150 e.